The number of nitrogens with one attached hydrogen (secondary N) is 1. The standard InChI is InChI=1S/C12H16N2O4/c1-7(11(15)14-2)18-12(16)10-8(13)5-4-6-9(10)17-3/h4-7H,13H2,1-3H3,(H,14,15). The molecule has 0 aliphatic heterocycles. The summed E-state index contributed by atoms with van der Waals surface area (Å²) in [7, 11) is 2.89. The molecule has 1 amide bonds. The molecule has 0 bridgehead atoms. The smallest absolute Gasteiger partial charge is 0.344 e. The molecule has 0 fully saturated rings. The number of nitrogens with two attached hydrogens (primary N) is 1. The maximum atomic E-state index is 11.9. The number of carbonyl (C=O) groups excluding carboxylic acids is 2. The van der Waals surface area contributed by atoms with Gasteiger partial charge < -0.3 is 20.5 Å². The van der Waals surface area contributed by atoms with E-state index in [1.54, 1.807) is 18.2 Å². The first kappa shape index (κ1) is 13.8. The number of likely N-dealkylation sites (N-methyl/N-ethyl adjacent to an activating group) is 1. The highest BCUT2D eigenvalue weighted by Crippen LogP contribution is 2.25. The number of nitrogen functional groups attached to an aromatic ring is 1. The van der Waals surface area contributed by atoms with Gasteiger partial charge in [0.1, 0.15) is 11.3 Å². The quantitative estimate of drug-likeness (QED) is 0.604. The van der Waals surface area contributed by atoms with Crippen molar-refractivity contribution < 1.29 is 19.1 Å². The largest absolute Gasteiger partial charge is 0.496 e. The highest BCUT2D eigenvalue weighted by Gasteiger charge is 2.22. The molecule has 6 nitrogen and oxygen atoms in total. The minimum absolute atomic E-state index is 0.121. The zero-order valence-corrected chi connectivity index (χ0v) is 10.5. The summed E-state index contributed by atoms with van der Waals surface area (Å²) in [5, 5.41) is 2.39. The molecular formula is C12H16N2O4. The summed E-state index contributed by atoms with van der Waals surface area (Å²) in [6, 6.07) is 4.81. The Hall–Kier alpha value is -2.24. The second kappa shape index (κ2) is 5.90. The average Bonchev–Trinajstić information content (AvgIpc) is 2.36. The van der Waals surface area contributed by atoms with Gasteiger partial charge in [-0.25, -0.2) is 4.79 Å². The first-order valence-electron chi connectivity index (χ1n) is 5.36. The highest BCUT2D eigenvalue weighted by molar-refractivity contribution is 5.99. The van der Waals surface area contributed by atoms with Crippen molar-refractivity contribution in [3.8, 4) is 5.75 Å². The van der Waals surface area contributed by atoms with Gasteiger partial charge in [0.25, 0.3) is 5.91 Å². The molecule has 1 rings (SSSR count). The zero-order valence-electron chi connectivity index (χ0n) is 10.5. The van der Waals surface area contributed by atoms with E-state index in [0.29, 0.717) is 5.75 Å². The van der Waals surface area contributed by atoms with Gasteiger partial charge in [0.05, 0.1) is 7.11 Å². The van der Waals surface area contributed by atoms with Gasteiger partial charge >= 0.3 is 5.97 Å². The Morgan fingerprint density at radius 2 is 2.06 bits per heavy atom. The number of hydrogen-bond acceptors (Lipinski definition) is 5. The first-order valence-corrected chi connectivity index (χ1v) is 5.36. The van der Waals surface area contributed by atoms with Gasteiger partial charge in [-0.05, 0) is 19.1 Å². The van der Waals surface area contributed by atoms with Crippen molar-refractivity contribution in [3.05, 3.63) is 23.8 Å². The van der Waals surface area contributed by atoms with E-state index < -0.39 is 18.0 Å². The van der Waals surface area contributed by atoms with Crippen molar-refractivity contribution in [2.24, 2.45) is 0 Å². The van der Waals surface area contributed by atoms with Gasteiger partial charge in [-0.2, -0.15) is 0 Å². The zero-order chi connectivity index (χ0) is 13.7. The molecule has 0 aliphatic rings. The van der Waals surface area contributed by atoms with Gasteiger partial charge in [-0.3, -0.25) is 4.79 Å². The van der Waals surface area contributed by atoms with Crippen LogP contribution >= 0.6 is 0 Å². The predicted molar refractivity (Wildman–Crippen MR) is 66.4 cm³/mol. The van der Waals surface area contributed by atoms with Crippen LogP contribution in [0.5, 0.6) is 5.75 Å². The third-order valence-electron chi connectivity index (χ3n) is 2.38. The van der Waals surface area contributed by atoms with Crippen LogP contribution in [0, 0.1) is 0 Å². The molecule has 3 N–H and O–H groups in total. The first-order chi connectivity index (χ1) is 8.51. The van der Waals surface area contributed by atoms with Crippen molar-refractivity contribution in [2.75, 3.05) is 19.9 Å². The lowest BCUT2D eigenvalue weighted by Crippen LogP contribution is -2.33. The normalized spacial score (nSPS) is 11.5. The third-order valence-corrected chi connectivity index (χ3v) is 2.38. The molecule has 1 aromatic rings. The molecule has 0 radical (unpaired) electrons. The minimum Gasteiger partial charge on any atom is -0.496 e. The number of esters is 1. The van der Waals surface area contributed by atoms with Crippen LogP contribution in [0.25, 0.3) is 0 Å². The van der Waals surface area contributed by atoms with Crippen LogP contribution < -0.4 is 15.8 Å². The van der Waals surface area contributed by atoms with Gasteiger partial charge in [-0.1, -0.05) is 6.07 Å². The maximum Gasteiger partial charge on any atom is 0.344 e. The Balaban J connectivity index is 2.94. The maximum absolute atomic E-state index is 11.9. The van der Waals surface area contributed by atoms with Crippen molar-refractivity contribution in [2.45, 2.75) is 13.0 Å². The van der Waals surface area contributed by atoms with Crippen LogP contribution in [-0.4, -0.2) is 32.1 Å². The van der Waals surface area contributed by atoms with Gasteiger partial charge in [-0.15, -0.1) is 0 Å². The van der Waals surface area contributed by atoms with E-state index in [0.717, 1.165) is 0 Å². The van der Waals surface area contributed by atoms with Crippen LogP contribution in [0.2, 0.25) is 0 Å². The fraction of sp³-hybridized carbons (Fsp3) is 0.333. The summed E-state index contributed by atoms with van der Waals surface area (Å²) >= 11 is 0. The van der Waals surface area contributed by atoms with Crippen LogP contribution in [-0.2, 0) is 9.53 Å². The van der Waals surface area contributed by atoms with Crippen LogP contribution in [0.3, 0.4) is 0 Å². The number of rotatable bonds is 4. The molecule has 1 aromatic carbocycles. The van der Waals surface area contributed by atoms with Gasteiger partial charge in [0.2, 0.25) is 0 Å². The lowest BCUT2D eigenvalue weighted by atomic mass is 10.1. The predicted octanol–water partition coefficient (Wildman–Crippen LogP) is 0.569. The van der Waals surface area contributed by atoms with Crippen molar-refractivity contribution in [1.82, 2.24) is 5.32 Å². The number of carbonyl (C=O) groups is 2. The summed E-state index contributed by atoms with van der Waals surface area (Å²) in [4.78, 5) is 23.2. The summed E-state index contributed by atoms with van der Waals surface area (Å²) in [5.41, 5.74) is 6.06. The highest BCUT2D eigenvalue weighted by atomic mass is 16.5. The average molecular weight is 252 g/mol. The number of methoxy groups -OCH3 is 1. The monoisotopic (exact) mass is 252 g/mol. The van der Waals surface area contributed by atoms with Crippen molar-refractivity contribution in [1.29, 1.82) is 0 Å². The topological polar surface area (TPSA) is 90.7 Å². The number of hydrogen-bond donors (Lipinski definition) is 2. The molecule has 0 saturated heterocycles. The van der Waals surface area contributed by atoms with E-state index in [1.165, 1.54) is 21.1 Å². The van der Waals surface area contributed by atoms with Gasteiger partial charge in [0, 0.05) is 12.7 Å². The van der Waals surface area contributed by atoms with E-state index >= 15 is 0 Å². The minimum atomic E-state index is -0.896. The molecule has 6 heteroatoms. The number of benzene rings is 1. The second-order valence-electron chi connectivity index (χ2n) is 3.59. The Bertz CT molecular complexity index is 459. The molecule has 1 atom stereocenters. The molecule has 0 spiro atoms. The van der Waals surface area contributed by atoms with E-state index in [9.17, 15) is 9.59 Å². The van der Waals surface area contributed by atoms with Crippen LogP contribution in [0.4, 0.5) is 5.69 Å². The summed E-state index contributed by atoms with van der Waals surface area (Å²) < 4.78 is 10.0. The molecule has 0 aliphatic carbocycles. The van der Waals surface area contributed by atoms with E-state index in [1.807, 2.05) is 0 Å². The lowest BCUT2D eigenvalue weighted by Gasteiger charge is -2.14. The number of ether oxygens (including phenoxy) is 2. The Morgan fingerprint density at radius 1 is 1.39 bits per heavy atom. The van der Waals surface area contributed by atoms with E-state index in [-0.39, 0.29) is 11.3 Å². The summed E-state index contributed by atoms with van der Waals surface area (Å²) in [6.45, 7) is 1.47. The fourth-order valence-corrected chi connectivity index (χ4v) is 1.41. The van der Waals surface area contributed by atoms with E-state index in [2.05, 4.69) is 5.32 Å². The number of amides is 1. The third kappa shape index (κ3) is 2.91. The molecule has 0 heterocycles. The van der Waals surface area contributed by atoms with Crippen molar-refractivity contribution in [3.63, 3.8) is 0 Å². The molecular weight excluding hydrogens is 236 g/mol. The molecule has 0 saturated carbocycles. The Labute approximate surface area is 105 Å². The van der Waals surface area contributed by atoms with Crippen LogP contribution in [0.15, 0.2) is 18.2 Å². The van der Waals surface area contributed by atoms with Crippen LogP contribution in [0.1, 0.15) is 17.3 Å². The summed E-state index contributed by atoms with van der Waals surface area (Å²) in [6.07, 6.45) is -0.896. The lowest BCUT2D eigenvalue weighted by molar-refractivity contribution is -0.128. The Morgan fingerprint density at radius 3 is 2.61 bits per heavy atom. The van der Waals surface area contributed by atoms with E-state index in [4.69, 9.17) is 15.2 Å². The fourth-order valence-electron chi connectivity index (χ4n) is 1.41. The Kier molecular flexibility index (Phi) is 4.53. The molecule has 0 aromatic heterocycles. The second-order valence-corrected chi connectivity index (χ2v) is 3.59. The van der Waals surface area contributed by atoms with Crippen molar-refractivity contribution >= 4 is 17.6 Å². The molecule has 1 unspecified atom stereocenters. The van der Waals surface area contributed by atoms with Gasteiger partial charge in [0.15, 0.2) is 6.10 Å². The number of anilines is 1. The molecule has 18 heavy (non-hydrogen) atoms. The SMILES string of the molecule is CNC(=O)C(C)OC(=O)c1c(N)cccc1OC. The summed E-state index contributed by atoms with van der Waals surface area (Å²) in [5.74, 6) is -0.776. The molecule has 98 valence electrons.